The Morgan fingerprint density at radius 2 is 1.89 bits per heavy atom. The average Bonchev–Trinajstić information content (AvgIpc) is 2.38. The van der Waals surface area contributed by atoms with Gasteiger partial charge in [-0.2, -0.15) is 0 Å². The molecule has 0 aromatic heterocycles. The predicted octanol–water partition coefficient (Wildman–Crippen LogP) is 5.69. The second kappa shape index (κ2) is 6.54. The smallest absolute Gasteiger partial charge is 0.124 e. The minimum atomic E-state index is -0.228. The van der Waals surface area contributed by atoms with Gasteiger partial charge in [0.15, 0.2) is 0 Å². The van der Waals surface area contributed by atoms with Crippen molar-refractivity contribution in [1.29, 1.82) is 0 Å². The van der Waals surface area contributed by atoms with E-state index < -0.39 is 0 Å². The zero-order valence-electron chi connectivity index (χ0n) is 9.96. The van der Waals surface area contributed by atoms with Crippen molar-refractivity contribution in [1.82, 2.24) is 0 Å². The van der Waals surface area contributed by atoms with Crippen molar-refractivity contribution in [2.75, 3.05) is 7.11 Å². The van der Waals surface area contributed by atoms with Gasteiger partial charge in [0, 0.05) is 13.6 Å². The molecule has 0 saturated heterocycles. The van der Waals surface area contributed by atoms with Crippen molar-refractivity contribution >= 4 is 54.5 Å². The molecule has 19 heavy (non-hydrogen) atoms. The highest BCUT2D eigenvalue weighted by Gasteiger charge is 2.18. The standard InChI is InChI=1S/C14H10Br2FIO/c1-19-13-5-2-8(15)6-11(13)14(16)10-4-3-9(17)7-12(10)18/h2-7,14H,1H3. The van der Waals surface area contributed by atoms with Crippen molar-refractivity contribution in [3.05, 3.63) is 61.4 Å². The predicted molar refractivity (Wildman–Crippen MR) is 90.6 cm³/mol. The topological polar surface area (TPSA) is 9.23 Å². The number of methoxy groups -OCH3 is 1. The number of alkyl halides is 1. The van der Waals surface area contributed by atoms with Crippen LogP contribution in [0, 0.1) is 9.39 Å². The van der Waals surface area contributed by atoms with Crippen LogP contribution < -0.4 is 4.74 Å². The minimum absolute atomic E-state index is 0.0487. The third-order valence-electron chi connectivity index (χ3n) is 2.70. The largest absolute Gasteiger partial charge is 0.496 e. The first-order valence-corrected chi connectivity index (χ1v) is 8.24. The molecule has 5 heteroatoms. The molecule has 0 saturated carbocycles. The Balaban J connectivity index is 2.49. The molecule has 0 aliphatic heterocycles. The number of ether oxygens (including phenoxy) is 1. The quantitative estimate of drug-likeness (QED) is 0.390. The lowest BCUT2D eigenvalue weighted by Gasteiger charge is -2.16. The van der Waals surface area contributed by atoms with E-state index in [2.05, 4.69) is 54.5 Å². The Morgan fingerprint density at radius 1 is 1.16 bits per heavy atom. The third kappa shape index (κ3) is 3.49. The molecule has 2 aromatic rings. The van der Waals surface area contributed by atoms with E-state index in [0.717, 1.165) is 24.9 Å². The lowest BCUT2D eigenvalue weighted by atomic mass is 10.0. The summed E-state index contributed by atoms with van der Waals surface area (Å²) < 4.78 is 20.4. The summed E-state index contributed by atoms with van der Waals surface area (Å²) >= 11 is 9.26. The van der Waals surface area contributed by atoms with Crippen LogP contribution in [0.1, 0.15) is 16.0 Å². The van der Waals surface area contributed by atoms with Crippen LogP contribution in [0.15, 0.2) is 40.9 Å². The normalized spacial score (nSPS) is 12.3. The van der Waals surface area contributed by atoms with Gasteiger partial charge in [0.05, 0.1) is 11.9 Å². The van der Waals surface area contributed by atoms with Crippen LogP contribution in [-0.2, 0) is 0 Å². The molecular weight excluding hydrogens is 490 g/mol. The van der Waals surface area contributed by atoms with E-state index in [1.165, 1.54) is 12.1 Å². The molecule has 1 nitrogen and oxygen atoms in total. The van der Waals surface area contributed by atoms with Gasteiger partial charge in [-0.15, -0.1) is 0 Å². The van der Waals surface area contributed by atoms with Crippen molar-refractivity contribution < 1.29 is 9.13 Å². The average molecular weight is 500 g/mol. The van der Waals surface area contributed by atoms with Crippen molar-refractivity contribution in [2.45, 2.75) is 4.83 Å². The molecule has 0 amide bonds. The summed E-state index contributed by atoms with van der Waals surface area (Å²) in [4.78, 5) is -0.0487. The van der Waals surface area contributed by atoms with E-state index in [4.69, 9.17) is 4.74 Å². The summed E-state index contributed by atoms with van der Waals surface area (Å²) in [6.45, 7) is 0. The maximum atomic E-state index is 13.2. The van der Waals surface area contributed by atoms with Gasteiger partial charge < -0.3 is 4.74 Å². The van der Waals surface area contributed by atoms with E-state index in [0.29, 0.717) is 0 Å². The minimum Gasteiger partial charge on any atom is -0.496 e. The molecule has 0 aliphatic carbocycles. The third-order valence-corrected chi connectivity index (χ3v) is 5.11. The highest BCUT2D eigenvalue weighted by Crippen LogP contribution is 2.39. The van der Waals surface area contributed by atoms with Gasteiger partial charge in [-0.05, 0) is 58.5 Å². The zero-order valence-corrected chi connectivity index (χ0v) is 15.3. The lowest BCUT2D eigenvalue weighted by molar-refractivity contribution is 0.410. The molecule has 100 valence electrons. The van der Waals surface area contributed by atoms with E-state index in [-0.39, 0.29) is 10.6 Å². The second-order valence-corrected chi connectivity index (χ2v) is 6.91. The van der Waals surface area contributed by atoms with Crippen LogP contribution >= 0.6 is 54.5 Å². The molecule has 0 N–H and O–H groups in total. The summed E-state index contributed by atoms with van der Waals surface area (Å²) in [6.07, 6.45) is 0. The van der Waals surface area contributed by atoms with Crippen molar-refractivity contribution in [3.63, 3.8) is 0 Å². The number of hydrogen-bond acceptors (Lipinski definition) is 1. The first-order chi connectivity index (χ1) is 9.02. The summed E-state index contributed by atoms with van der Waals surface area (Å²) in [7, 11) is 1.64. The molecule has 0 spiro atoms. The second-order valence-electron chi connectivity index (χ2n) is 3.91. The molecule has 1 unspecified atom stereocenters. The van der Waals surface area contributed by atoms with Crippen molar-refractivity contribution in [3.8, 4) is 5.75 Å². The van der Waals surface area contributed by atoms with Crippen LogP contribution in [0.25, 0.3) is 0 Å². The van der Waals surface area contributed by atoms with Crippen LogP contribution in [0.3, 0.4) is 0 Å². The number of halogens is 4. The summed E-state index contributed by atoms with van der Waals surface area (Å²) in [5, 5.41) is 0. The molecule has 0 radical (unpaired) electrons. The van der Waals surface area contributed by atoms with Crippen LogP contribution in [0.5, 0.6) is 5.75 Å². The highest BCUT2D eigenvalue weighted by molar-refractivity contribution is 14.1. The Kier molecular flexibility index (Phi) is 5.25. The van der Waals surface area contributed by atoms with Crippen LogP contribution in [0.4, 0.5) is 4.39 Å². The molecular formula is C14H10Br2FIO. The van der Waals surface area contributed by atoms with E-state index in [1.807, 2.05) is 18.2 Å². The molecule has 2 rings (SSSR count). The van der Waals surface area contributed by atoms with E-state index in [9.17, 15) is 4.39 Å². The Morgan fingerprint density at radius 3 is 2.53 bits per heavy atom. The van der Waals surface area contributed by atoms with Crippen LogP contribution in [-0.4, -0.2) is 7.11 Å². The Hall–Kier alpha value is -0.140. The maximum absolute atomic E-state index is 13.2. The molecule has 0 bridgehead atoms. The fourth-order valence-corrected chi connectivity index (χ4v) is 4.13. The molecule has 1 atom stereocenters. The summed E-state index contributed by atoms with van der Waals surface area (Å²) in [6, 6.07) is 10.6. The highest BCUT2D eigenvalue weighted by atomic mass is 127. The van der Waals surface area contributed by atoms with Gasteiger partial charge in [0.2, 0.25) is 0 Å². The Bertz CT molecular complexity index is 604. The van der Waals surface area contributed by atoms with Gasteiger partial charge in [-0.25, -0.2) is 4.39 Å². The molecule has 0 aliphatic rings. The van der Waals surface area contributed by atoms with Gasteiger partial charge >= 0.3 is 0 Å². The molecule has 2 aromatic carbocycles. The van der Waals surface area contributed by atoms with Gasteiger partial charge in [0.1, 0.15) is 11.6 Å². The maximum Gasteiger partial charge on any atom is 0.124 e. The fourth-order valence-electron chi connectivity index (χ4n) is 1.78. The van der Waals surface area contributed by atoms with Crippen LogP contribution in [0.2, 0.25) is 0 Å². The summed E-state index contributed by atoms with van der Waals surface area (Å²) in [5.74, 6) is 0.569. The van der Waals surface area contributed by atoms with E-state index in [1.54, 1.807) is 13.2 Å². The first-order valence-electron chi connectivity index (χ1n) is 5.45. The molecule has 0 heterocycles. The van der Waals surface area contributed by atoms with Gasteiger partial charge in [-0.3, -0.25) is 0 Å². The van der Waals surface area contributed by atoms with E-state index >= 15 is 0 Å². The molecule has 0 fully saturated rings. The van der Waals surface area contributed by atoms with Crippen molar-refractivity contribution in [2.24, 2.45) is 0 Å². The number of rotatable bonds is 3. The first kappa shape index (κ1) is 15.3. The van der Waals surface area contributed by atoms with Gasteiger partial charge in [0.25, 0.3) is 0 Å². The zero-order chi connectivity index (χ0) is 14.0. The van der Waals surface area contributed by atoms with Gasteiger partial charge in [-0.1, -0.05) is 37.9 Å². The summed E-state index contributed by atoms with van der Waals surface area (Å²) in [5.41, 5.74) is 2.01. The monoisotopic (exact) mass is 498 g/mol. The fraction of sp³-hybridized carbons (Fsp3) is 0.143. The number of hydrogen-bond donors (Lipinski definition) is 0. The lowest BCUT2D eigenvalue weighted by Crippen LogP contribution is -1.99. The number of benzene rings is 2. The Labute approximate surface area is 141 Å². The SMILES string of the molecule is COc1ccc(Br)cc1C(Br)c1ccc(F)cc1I.